The van der Waals surface area contributed by atoms with Crippen LogP contribution in [0.1, 0.15) is 10.4 Å². The van der Waals surface area contributed by atoms with Gasteiger partial charge in [0.2, 0.25) is 0 Å². The number of anilines is 1. The number of pyridine rings is 1. The number of hydrogen-bond acceptors (Lipinski definition) is 3. The van der Waals surface area contributed by atoms with Crippen LogP contribution in [0.4, 0.5) is 5.82 Å². The fourth-order valence-corrected chi connectivity index (χ4v) is 1.61. The molecule has 0 saturated heterocycles. The highest BCUT2D eigenvalue weighted by atomic mass is 35.5. The Morgan fingerprint density at radius 2 is 2.24 bits per heavy atom. The molecule has 0 aliphatic rings. The number of carbonyl (C=O) groups is 1. The highest BCUT2D eigenvalue weighted by Gasteiger charge is 2.13. The standard InChI is InChI=1S/C10H8Cl2N4O/c1-16-9(2-3-14-16)15-10(17)6-4-8(12)13-5-7(6)11/h2-5H,1H3,(H,15,17). The third-order valence-electron chi connectivity index (χ3n) is 2.13. The first kappa shape index (κ1) is 11.9. The molecule has 1 N–H and O–H groups in total. The highest BCUT2D eigenvalue weighted by molar-refractivity contribution is 6.35. The molecule has 2 aromatic heterocycles. The van der Waals surface area contributed by atoms with Gasteiger partial charge in [-0.3, -0.25) is 9.48 Å². The predicted molar refractivity (Wildman–Crippen MR) is 65.4 cm³/mol. The van der Waals surface area contributed by atoms with Crippen LogP contribution in [0.25, 0.3) is 0 Å². The molecule has 17 heavy (non-hydrogen) atoms. The van der Waals surface area contributed by atoms with Crippen molar-refractivity contribution in [3.63, 3.8) is 0 Å². The van der Waals surface area contributed by atoms with Crippen LogP contribution < -0.4 is 5.32 Å². The molecule has 0 aliphatic heterocycles. The Morgan fingerprint density at radius 3 is 2.88 bits per heavy atom. The quantitative estimate of drug-likeness (QED) is 0.853. The van der Waals surface area contributed by atoms with Crippen molar-refractivity contribution in [3.8, 4) is 0 Å². The monoisotopic (exact) mass is 270 g/mol. The summed E-state index contributed by atoms with van der Waals surface area (Å²) in [5.41, 5.74) is 0.271. The lowest BCUT2D eigenvalue weighted by atomic mass is 10.2. The minimum absolute atomic E-state index is 0.213. The SMILES string of the molecule is Cn1nccc1NC(=O)c1cc(Cl)ncc1Cl. The highest BCUT2D eigenvalue weighted by Crippen LogP contribution is 2.19. The molecule has 2 aromatic rings. The second kappa shape index (κ2) is 4.73. The average molecular weight is 271 g/mol. The van der Waals surface area contributed by atoms with Gasteiger partial charge in [0.05, 0.1) is 16.8 Å². The van der Waals surface area contributed by atoms with Crippen LogP contribution >= 0.6 is 23.2 Å². The molecule has 7 heteroatoms. The molecule has 1 amide bonds. The van der Waals surface area contributed by atoms with Gasteiger partial charge in [-0.25, -0.2) is 4.98 Å². The minimum atomic E-state index is -0.358. The lowest BCUT2D eigenvalue weighted by Crippen LogP contribution is -2.15. The summed E-state index contributed by atoms with van der Waals surface area (Å²) in [5, 5.41) is 7.06. The second-order valence-electron chi connectivity index (χ2n) is 3.28. The fraction of sp³-hybridized carbons (Fsp3) is 0.100. The zero-order valence-corrected chi connectivity index (χ0v) is 10.3. The zero-order chi connectivity index (χ0) is 12.4. The van der Waals surface area contributed by atoms with Gasteiger partial charge >= 0.3 is 0 Å². The van der Waals surface area contributed by atoms with Gasteiger partial charge in [-0.2, -0.15) is 5.10 Å². The van der Waals surface area contributed by atoms with E-state index in [-0.39, 0.29) is 21.6 Å². The van der Waals surface area contributed by atoms with E-state index in [1.807, 2.05) is 0 Å². The summed E-state index contributed by atoms with van der Waals surface area (Å²) in [4.78, 5) is 15.7. The van der Waals surface area contributed by atoms with Gasteiger partial charge < -0.3 is 5.32 Å². The van der Waals surface area contributed by atoms with Gasteiger partial charge in [-0.15, -0.1) is 0 Å². The summed E-state index contributed by atoms with van der Waals surface area (Å²) < 4.78 is 1.54. The van der Waals surface area contributed by atoms with Gasteiger partial charge in [0.1, 0.15) is 11.0 Å². The molecule has 88 valence electrons. The van der Waals surface area contributed by atoms with Crippen molar-refractivity contribution in [2.75, 3.05) is 5.32 Å². The maximum absolute atomic E-state index is 11.9. The molecule has 5 nitrogen and oxygen atoms in total. The molecule has 0 fully saturated rings. The summed E-state index contributed by atoms with van der Waals surface area (Å²) in [7, 11) is 1.72. The number of nitrogens with zero attached hydrogens (tertiary/aromatic N) is 3. The van der Waals surface area contributed by atoms with Gasteiger partial charge in [0, 0.05) is 19.3 Å². The van der Waals surface area contributed by atoms with Crippen LogP contribution in [0.5, 0.6) is 0 Å². The largest absolute Gasteiger partial charge is 0.307 e. The van der Waals surface area contributed by atoms with Crippen LogP contribution in [-0.2, 0) is 7.05 Å². The minimum Gasteiger partial charge on any atom is -0.307 e. The van der Waals surface area contributed by atoms with E-state index in [0.717, 1.165) is 0 Å². The fourth-order valence-electron chi connectivity index (χ4n) is 1.27. The van der Waals surface area contributed by atoms with Gasteiger partial charge in [0.15, 0.2) is 0 Å². The molecule has 0 unspecified atom stereocenters. The van der Waals surface area contributed by atoms with Gasteiger partial charge in [-0.1, -0.05) is 23.2 Å². The van der Waals surface area contributed by atoms with Crippen LogP contribution in [-0.4, -0.2) is 20.7 Å². The van der Waals surface area contributed by atoms with Crippen LogP contribution in [0.2, 0.25) is 10.2 Å². The third-order valence-corrected chi connectivity index (χ3v) is 2.64. The molecule has 0 spiro atoms. The summed E-state index contributed by atoms with van der Waals surface area (Å²) in [6, 6.07) is 3.09. The summed E-state index contributed by atoms with van der Waals surface area (Å²) in [5.74, 6) is 0.210. The van der Waals surface area contributed by atoms with Gasteiger partial charge in [-0.05, 0) is 6.07 Å². The summed E-state index contributed by atoms with van der Waals surface area (Å²) >= 11 is 11.6. The first-order valence-corrected chi connectivity index (χ1v) is 5.44. The van der Waals surface area contributed by atoms with E-state index < -0.39 is 0 Å². The molecular weight excluding hydrogens is 263 g/mol. The maximum Gasteiger partial charge on any atom is 0.258 e. The molecular formula is C10H8Cl2N4O. The molecule has 0 aromatic carbocycles. The van der Waals surface area contributed by atoms with Crippen molar-refractivity contribution in [3.05, 3.63) is 40.3 Å². The normalized spacial score (nSPS) is 10.3. The van der Waals surface area contributed by atoms with Crippen molar-refractivity contribution >= 4 is 34.9 Å². The molecule has 0 saturated carbocycles. The first-order valence-electron chi connectivity index (χ1n) is 4.68. The van der Waals surface area contributed by atoms with Crippen LogP contribution in [0.3, 0.4) is 0 Å². The van der Waals surface area contributed by atoms with E-state index in [2.05, 4.69) is 15.4 Å². The van der Waals surface area contributed by atoms with Crippen LogP contribution in [0, 0.1) is 0 Å². The number of hydrogen-bond donors (Lipinski definition) is 1. The molecule has 0 bridgehead atoms. The molecule has 0 atom stereocenters. The van der Waals surface area contributed by atoms with Crippen LogP contribution in [0.15, 0.2) is 24.5 Å². The molecule has 0 radical (unpaired) electrons. The number of carbonyl (C=O) groups excluding carboxylic acids is 1. The van der Waals surface area contributed by atoms with Crippen molar-refractivity contribution < 1.29 is 4.79 Å². The first-order chi connectivity index (χ1) is 8.08. The van der Waals surface area contributed by atoms with E-state index in [4.69, 9.17) is 23.2 Å². The third kappa shape index (κ3) is 2.57. The maximum atomic E-state index is 11.9. The topological polar surface area (TPSA) is 59.8 Å². The smallest absolute Gasteiger partial charge is 0.258 e. The molecule has 2 rings (SSSR count). The van der Waals surface area contributed by atoms with E-state index in [1.54, 1.807) is 19.3 Å². The van der Waals surface area contributed by atoms with E-state index in [1.165, 1.54) is 16.9 Å². The Hall–Kier alpha value is -1.59. The zero-order valence-electron chi connectivity index (χ0n) is 8.82. The lowest BCUT2D eigenvalue weighted by molar-refractivity contribution is 0.102. The lowest BCUT2D eigenvalue weighted by Gasteiger charge is -2.06. The van der Waals surface area contributed by atoms with Crippen molar-refractivity contribution in [1.82, 2.24) is 14.8 Å². The number of aryl methyl sites for hydroxylation is 1. The number of halogens is 2. The van der Waals surface area contributed by atoms with Crippen molar-refractivity contribution in [2.45, 2.75) is 0 Å². The number of rotatable bonds is 2. The Morgan fingerprint density at radius 1 is 1.47 bits per heavy atom. The average Bonchev–Trinajstić information content (AvgIpc) is 2.68. The van der Waals surface area contributed by atoms with Crippen molar-refractivity contribution in [1.29, 1.82) is 0 Å². The number of aromatic nitrogens is 3. The summed E-state index contributed by atoms with van der Waals surface area (Å²) in [6.07, 6.45) is 2.92. The van der Waals surface area contributed by atoms with Gasteiger partial charge in [0.25, 0.3) is 5.91 Å². The second-order valence-corrected chi connectivity index (χ2v) is 4.08. The number of amides is 1. The van der Waals surface area contributed by atoms with E-state index >= 15 is 0 Å². The van der Waals surface area contributed by atoms with Crippen molar-refractivity contribution in [2.24, 2.45) is 7.05 Å². The molecule has 2 heterocycles. The molecule has 0 aliphatic carbocycles. The Kier molecular flexibility index (Phi) is 3.31. The summed E-state index contributed by atoms with van der Waals surface area (Å²) in [6.45, 7) is 0. The Bertz CT molecular complexity index is 567. The van der Waals surface area contributed by atoms with E-state index in [0.29, 0.717) is 5.82 Å². The number of nitrogens with one attached hydrogen (secondary N) is 1. The Labute approximate surface area is 107 Å². The Balaban J connectivity index is 2.26. The predicted octanol–water partition coefficient (Wildman–Crippen LogP) is 2.37. The van der Waals surface area contributed by atoms with E-state index in [9.17, 15) is 4.79 Å².